The van der Waals surface area contributed by atoms with E-state index >= 15 is 0 Å². The molecule has 1 aromatic rings. The molecule has 0 bridgehead atoms. The summed E-state index contributed by atoms with van der Waals surface area (Å²) in [7, 11) is 0. The van der Waals surface area contributed by atoms with E-state index in [-0.39, 0.29) is 29.2 Å². The van der Waals surface area contributed by atoms with Crippen LogP contribution in [0.4, 0.5) is 13.2 Å². The molecule has 1 aliphatic rings. The van der Waals surface area contributed by atoms with Crippen molar-refractivity contribution in [2.75, 3.05) is 0 Å². The van der Waals surface area contributed by atoms with Gasteiger partial charge in [-0.1, -0.05) is 48.5 Å². The molecule has 1 aliphatic carbocycles. The van der Waals surface area contributed by atoms with Crippen molar-refractivity contribution >= 4 is 0 Å². The predicted molar refractivity (Wildman–Crippen MR) is 88.5 cm³/mol. The number of hydrogen-bond donors (Lipinski definition) is 1. The Bertz CT molecular complexity index is 408. The van der Waals surface area contributed by atoms with Crippen molar-refractivity contribution in [3.05, 3.63) is 28.8 Å². The first kappa shape index (κ1) is 23.1. The zero-order valence-corrected chi connectivity index (χ0v) is 14.9. The maximum atomic E-state index is 12.9. The summed E-state index contributed by atoms with van der Waals surface area (Å²) >= 11 is 0. The Hall–Kier alpha value is -1.19. The zero-order valence-electron chi connectivity index (χ0n) is 14.9. The van der Waals surface area contributed by atoms with Crippen LogP contribution in [0.1, 0.15) is 83.9 Å². The third kappa shape index (κ3) is 6.71. The lowest BCUT2D eigenvalue weighted by molar-refractivity contribution is -0.138. The van der Waals surface area contributed by atoms with Gasteiger partial charge >= 0.3 is 6.18 Å². The summed E-state index contributed by atoms with van der Waals surface area (Å²) in [4.78, 5) is 0. The fourth-order valence-corrected chi connectivity index (χ4v) is 2.05. The summed E-state index contributed by atoms with van der Waals surface area (Å²) in [6, 6.07) is 2.48. The number of rotatable bonds is 2. The van der Waals surface area contributed by atoms with E-state index in [1.165, 1.54) is 12.1 Å². The number of benzene rings is 1. The Kier molecular flexibility index (Phi) is 11.9. The fourth-order valence-electron chi connectivity index (χ4n) is 2.05. The fraction of sp³-hybridized carbons (Fsp3) is 0.667. The Labute approximate surface area is 133 Å². The Balaban J connectivity index is 0. The van der Waals surface area contributed by atoms with Crippen molar-refractivity contribution < 1.29 is 18.3 Å². The van der Waals surface area contributed by atoms with Gasteiger partial charge in [0.1, 0.15) is 5.75 Å². The molecule has 0 atom stereocenters. The van der Waals surface area contributed by atoms with Gasteiger partial charge in [0.25, 0.3) is 0 Å². The van der Waals surface area contributed by atoms with Crippen LogP contribution in [0.2, 0.25) is 0 Å². The van der Waals surface area contributed by atoms with Gasteiger partial charge in [-0.3, -0.25) is 0 Å². The second kappa shape index (κ2) is 11.4. The van der Waals surface area contributed by atoms with Crippen LogP contribution in [0, 0.1) is 0 Å². The monoisotopic (exact) mass is 320 g/mol. The predicted octanol–water partition coefficient (Wildman–Crippen LogP) is 6.93. The molecule has 0 aromatic heterocycles. The van der Waals surface area contributed by atoms with Gasteiger partial charge in [-0.25, -0.2) is 0 Å². The quantitative estimate of drug-likeness (QED) is 0.626. The molecule has 0 spiro atoms. The van der Waals surface area contributed by atoms with Gasteiger partial charge in [-0.05, 0) is 48.4 Å². The van der Waals surface area contributed by atoms with Crippen LogP contribution < -0.4 is 0 Å². The maximum Gasteiger partial charge on any atom is 0.416 e. The van der Waals surface area contributed by atoms with Crippen molar-refractivity contribution in [3.8, 4) is 5.75 Å². The normalized spacial score (nSPS) is 12.8. The van der Waals surface area contributed by atoms with E-state index in [4.69, 9.17) is 0 Å². The average Bonchev–Trinajstić information content (AvgIpc) is 3.36. The molecule has 4 heteroatoms. The third-order valence-electron chi connectivity index (χ3n) is 2.92. The highest BCUT2D eigenvalue weighted by Crippen LogP contribution is 2.48. The molecule has 2 rings (SSSR count). The molecule has 0 heterocycles. The summed E-state index contributed by atoms with van der Waals surface area (Å²) in [6.07, 6.45) is -2.47. The molecule has 0 saturated heterocycles. The van der Waals surface area contributed by atoms with E-state index in [2.05, 4.69) is 0 Å². The van der Waals surface area contributed by atoms with E-state index < -0.39 is 11.7 Å². The van der Waals surface area contributed by atoms with Crippen LogP contribution in [0.3, 0.4) is 0 Å². The molecule has 1 fully saturated rings. The number of phenols is 1. The molecule has 130 valence electrons. The summed E-state index contributed by atoms with van der Waals surface area (Å²) in [5, 5.41) is 9.42. The SMILES string of the molecule is CC.CC.CC.CCc1cc(O)cc(C2CC2)c1C(F)(F)F. The van der Waals surface area contributed by atoms with Crippen LogP contribution in [-0.4, -0.2) is 5.11 Å². The minimum atomic E-state index is -4.32. The van der Waals surface area contributed by atoms with Crippen LogP contribution >= 0.6 is 0 Å². The van der Waals surface area contributed by atoms with E-state index in [0.29, 0.717) is 0 Å². The molecule has 0 amide bonds. The number of aryl methyl sites for hydroxylation is 1. The maximum absolute atomic E-state index is 12.9. The Morgan fingerprint density at radius 2 is 1.45 bits per heavy atom. The molecular formula is C18H31F3O. The van der Waals surface area contributed by atoms with Gasteiger partial charge in [0, 0.05) is 0 Å². The van der Waals surface area contributed by atoms with Crippen LogP contribution in [0.15, 0.2) is 12.1 Å². The summed E-state index contributed by atoms with van der Waals surface area (Å²) < 4.78 is 38.8. The first-order chi connectivity index (χ1) is 10.4. The van der Waals surface area contributed by atoms with Crippen molar-refractivity contribution in [3.63, 3.8) is 0 Å². The van der Waals surface area contributed by atoms with E-state index in [1.807, 2.05) is 41.5 Å². The smallest absolute Gasteiger partial charge is 0.416 e. The standard InChI is InChI=1S/C12H13F3O.3C2H6/c1-2-7-5-9(16)6-10(8-3-4-8)11(7)12(13,14)15;3*1-2/h5-6,8,16H,2-4H2,1H3;3*1-2H3. The number of aromatic hydroxyl groups is 1. The van der Waals surface area contributed by atoms with Gasteiger partial charge in [0.15, 0.2) is 0 Å². The zero-order chi connectivity index (χ0) is 17.9. The molecule has 0 radical (unpaired) electrons. The van der Waals surface area contributed by atoms with Crippen molar-refractivity contribution in [1.29, 1.82) is 0 Å². The van der Waals surface area contributed by atoms with Gasteiger partial charge in [0.2, 0.25) is 0 Å². The summed E-state index contributed by atoms with van der Waals surface area (Å²) in [6.45, 7) is 13.7. The second-order valence-electron chi connectivity index (χ2n) is 4.19. The van der Waals surface area contributed by atoms with E-state index in [0.717, 1.165) is 12.8 Å². The van der Waals surface area contributed by atoms with Crippen LogP contribution in [0.25, 0.3) is 0 Å². The lowest BCUT2D eigenvalue weighted by atomic mass is 9.95. The first-order valence-electron chi connectivity index (χ1n) is 8.36. The topological polar surface area (TPSA) is 20.2 Å². The van der Waals surface area contributed by atoms with E-state index in [9.17, 15) is 18.3 Å². The lowest BCUT2D eigenvalue weighted by Gasteiger charge is -2.17. The van der Waals surface area contributed by atoms with Gasteiger partial charge in [0.05, 0.1) is 5.56 Å². The molecule has 1 nitrogen and oxygen atoms in total. The number of alkyl halides is 3. The second-order valence-corrected chi connectivity index (χ2v) is 4.19. The van der Waals surface area contributed by atoms with Gasteiger partial charge in [-0.2, -0.15) is 13.2 Å². The minimum absolute atomic E-state index is 0.0194. The van der Waals surface area contributed by atoms with Crippen molar-refractivity contribution in [2.24, 2.45) is 0 Å². The van der Waals surface area contributed by atoms with Crippen LogP contribution in [0.5, 0.6) is 5.75 Å². The average molecular weight is 320 g/mol. The van der Waals surface area contributed by atoms with E-state index in [1.54, 1.807) is 6.92 Å². The number of phenolic OH excluding ortho intramolecular Hbond substituents is 1. The highest BCUT2D eigenvalue weighted by Gasteiger charge is 2.40. The number of hydrogen-bond acceptors (Lipinski definition) is 1. The molecule has 1 N–H and O–H groups in total. The summed E-state index contributed by atoms with van der Waals surface area (Å²) in [5.74, 6) is -0.0826. The molecule has 22 heavy (non-hydrogen) atoms. The molecular weight excluding hydrogens is 289 g/mol. The largest absolute Gasteiger partial charge is 0.508 e. The highest BCUT2D eigenvalue weighted by atomic mass is 19.4. The van der Waals surface area contributed by atoms with Crippen molar-refractivity contribution in [1.82, 2.24) is 0 Å². The molecule has 1 aromatic carbocycles. The Morgan fingerprint density at radius 3 is 1.77 bits per heavy atom. The first-order valence-corrected chi connectivity index (χ1v) is 8.36. The van der Waals surface area contributed by atoms with Crippen LogP contribution in [-0.2, 0) is 12.6 Å². The van der Waals surface area contributed by atoms with Gasteiger partial charge < -0.3 is 5.11 Å². The highest BCUT2D eigenvalue weighted by molar-refractivity contribution is 5.46. The minimum Gasteiger partial charge on any atom is -0.508 e. The van der Waals surface area contributed by atoms with Crippen molar-refractivity contribution in [2.45, 2.75) is 79.8 Å². The Morgan fingerprint density at radius 1 is 1.00 bits per heavy atom. The third-order valence-corrected chi connectivity index (χ3v) is 2.92. The van der Waals surface area contributed by atoms with Gasteiger partial charge in [-0.15, -0.1) is 0 Å². The summed E-state index contributed by atoms with van der Waals surface area (Å²) in [5.41, 5.74) is -0.0750. The molecule has 0 aliphatic heterocycles. The lowest BCUT2D eigenvalue weighted by Crippen LogP contribution is -2.12. The molecule has 0 unspecified atom stereocenters. The molecule has 1 saturated carbocycles. The number of halogens is 3.